The molecule has 0 aliphatic carbocycles. The highest BCUT2D eigenvalue weighted by atomic mass is 16.5. The molecule has 3 aromatic rings. The van der Waals surface area contributed by atoms with Crippen molar-refractivity contribution in [3.63, 3.8) is 0 Å². The van der Waals surface area contributed by atoms with Crippen molar-refractivity contribution in [2.24, 2.45) is 5.73 Å². The van der Waals surface area contributed by atoms with E-state index in [4.69, 9.17) is 19.1 Å². The summed E-state index contributed by atoms with van der Waals surface area (Å²) >= 11 is 0. The van der Waals surface area contributed by atoms with Crippen LogP contribution < -0.4 is 10.5 Å². The monoisotopic (exact) mass is 341 g/mol. The highest BCUT2D eigenvalue weighted by Gasteiger charge is 2.14. The van der Waals surface area contributed by atoms with E-state index in [2.05, 4.69) is 5.73 Å². The number of ether oxygens (including phenoxy) is 1. The van der Waals surface area contributed by atoms with Crippen LogP contribution in [0.3, 0.4) is 0 Å². The van der Waals surface area contributed by atoms with Crippen LogP contribution in [-0.2, 0) is 11.2 Å². The van der Waals surface area contributed by atoms with Gasteiger partial charge in [0.25, 0.3) is 0 Å². The maximum atomic E-state index is 11.2. The number of benzene rings is 2. The lowest BCUT2D eigenvalue weighted by molar-refractivity contribution is -0.106. The lowest BCUT2D eigenvalue weighted by Crippen LogP contribution is -1.95. The first kappa shape index (κ1) is 18.1. The predicted molar refractivity (Wildman–Crippen MR) is 94.8 cm³/mol. The molecule has 0 aliphatic rings. The number of aromatic carboxylic acids is 1. The van der Waals surface area contributed by atoms with Gasteiger partial charge in [-0.3, -0.25) is 4.79 Å². The fourth-order valence-electron chi connectivity index (χ4n) is 2.56. The van der Waals surface area contributed by atoms with E-state index in [0.717, 1.165) is 28.7 Å². The molecule has 1 amide bonds. The predicted octanol–water partition coefficient (Wildman–Crippen LogP) is 3.47. The Labute approximate surface area is 144 Å². The van der Waals surface area contributed by atoms with Crippen LogP contribution in [0.2, 0.25) is 0 Å². The molecule has 0 bridgehead atoms. The minimum Gasteiger partial charge on any atom is -0.493 e. The van der Waals surface area contributed by atoms with E-state index in [0.29, 0.717) is 11.3 Å². The van der Waals surface area contributed by atoms with Gasteiger partial charge in [-0.1, -0.05) is 19.1 Å². The van der Waals surface area contributed by atoms with E-state index in [9.17, 15) is 4.79 Å². The highest BCUT2D eigenvalue weighted by molar-refractivity contribution is 5.99. The Morgan fingerprint density at radius 1 is 1.28 bits per heavy atom. The number of fused-ring (bicyclic) bond motifs is 1. The zero-order chi connectivity index (χ0) is 18.4. The number of carboxylic acid groups (broad SMARTS) is 1. The summed E-state index contributed by atoms with van der Waals surface area (Å²) in [7, 11) is 1.60. The summed E-state index contributed by atoms with van der Waals surface area (Å²) in [6, 6.07) is 12.6. The number of aryl methyl sites for hydroxylation is 1. The van der Waals surface area contributed by atoms with Crippen LogP contribution in [0.25, 0.3) is 22.1 Å². The number of hydrogen-bond acceptors (Lipinski definition) is 4. The van der Waals surface area contributed by atoms with Crippen molar-refractivity contribution < 1.29 is 23.8 Å². The van der Waals surface area contributed by atoms with E-state index < -0.39 is 5.97 Å². The Bertz CT molecular complexity index is 898. The Morgan fingerprint density at radius 2 is 2.00 bits per heavy atom. The number of furan rings is 1. The first-order valence-corrected chi connectivity index (χ1v) is 7.64. The van der Waals surface area contributed by atoms with E-state index in [1.165, 1.54) is 0 Å². The molecule has 3 rings (SSSR count). The zero-order valence-electron chi connectivity index (χ0n) is 14.0. The lowest BCUT2D eigenvalue weighted by atomic mass is 9.99. The minimum atomic E-state index is -0.937. The third-order valence-electron chi connectivity index (χ3n) is 3.69. The largest absolute Gasteiger partial charge is 0.493 e. The maximum Gasteiger partial charge on any atom is 0.335 e. The van der Waals surface area contributed by atoms with Gasteiger partial charge in [0.05, 0.1) is 12.7 Å². The van der Waals surface area contributed by atoms with Crippen LogP contribution in [0, 0.1) is 0 Å². The molecule has 2 aromatic carbocycles. The quantitative estimate of drug-likeness (QED) is 0.707. The lowest BCUT2D eigenvalue weighted by Gasteiger charge is -2.07. The van der Waals surface area contributed by atoms with E-state index in [1.807, 2.05) is 31.2 Å². The molecule has 6 heteroatoms. The second kappa shape index (κ2) is 8.01. The van der Waals surface area contributed by atoms with Crippen LogP contribution in [0.15, 0.2) is 46.9 Å². The van der Waals surface area contributed by atoms with Crippen molar-refractivity contribution in [1.82, 2.24) is 0 Å². The Kier molecular flexibility index (Phi) is 5.79. The molecule has 0 fully saturated rings. The Morgan fingerprint density at radius 3 is 2.60 bits per heavy atom. The van der Waals surface area contributed by atoms with Gasteiger partial charge in [-0.15, -0.1) is 0 Å². The van der Waals surface area contributed by atoms with Crippen molar-refractivity contribution in [3.8, 4) is 16.9 Å². The fourth-order valence-corrected chi connectivity index (χ4v) is 2.56. The van der Waals surface area contributed by atoms with Crippen molar-refractivity contribution in [2.75, 3.05) is 7.11 Å². The summed E-state index contributed by atoms with van der Waals surface area (Å²) in [6.07, 6.45) is 1.03. The van der Waals surface area contributed by atoms with Crippen molar-refractivity contribution in [2.45, 2.75) is 13.3 Å². The number of rotatable bonds is 4. The number of primary amides is 1. The van der Waals surface area contributed by atoms with Gasteiger partial charge in [0.2, 0.25) is 6.41 Å². The van der Waals surface area contributed by atoms with E-state index in [1.54, 1.807) is 25.3 Å². The molecule has 0 radical (unpaired) electrons. The summed E-state index contributed by atoms with van der Waals surface area (Å²) in [5.41, 5.74) is 6.90. The maximum absolute atomic E-state index is 11.2. The molecule has 25 heavy (non-hydrogen) atoms. The molecular weight excluding hydrogens is 322 g/mol. The average Bonchev–Trinajstić information content (AvgIpc) is 3.06. The number of carboxylic acids is 1. The number of hydrogen-bond donors (Lipinski definition) is 2. The van der Waals surface area contributed by atoms with Gasteiger partial charge in [-0.05, 0) is 41.5 Å². The number of carbonyl (C=O) groups excluding carboxylic acids is 1. The average molecular weight is 341 g/mol. The standard InChI is InChI=1S/C18H16O4.CH3NO/c1-3-13-10-15-14(7-8-16(21-2)17(15)22-13)11-5-4-6-12(9-11)18(19)20;2-1-3/h4-10H,3H2,1-2H3,(H,19,20);1H,(H2,2,3). The molecule has 0 saturated carbocycles. The fraction of sp³-hybridized carbons (Fsp3) is 0.158. The summed E-state index contributed by atoms with van der Waals surface area (Å²) in [5.74, 6) is 0.607. The first-order chi connectivity index (χ1) is 12.0. The number of methoxy groups -OCH3 is 1. The minimum absolute atomic E-state index is 0.250. The van der Waals surface area contributed by atoms with Gasteiger partial charge in [0.15, 0.2) is 11.3 Å². The highest BCUT2D eigenvalue weighted by Crippen LogP contribution is 2.37. The molecular formula is C19H19NO5. The molecule has 0 saturated heterocycles. The van der Waals surface area contributed by atoms with Crippen molar-refractivity contribution in [3.05, 3.63) is 53.8 Å². The topological polar surface area (TPSA) is 103 Å². The van der Waals surface area contributed by atoms with Gasteiger partial charge >= 0.3 is 5.97 Å². The first-order valence-electron chi connectivity index (χ1n) is 7.64. The van der Waals surface area contributed by atoms with Crippen molar-refractivity contribution >= 4 is 23.3 Å². The molecule has 0 aliphatic heterocycles. The third kappa shape index (κ3) is 3.80. The smallest absolute Gasteiger partial charge is 0.335 e. The normalized spacial score (nSPS) is 10.0. The number of carbonyl (C=O) groups is 2. The van der Waals surface area contributed by atoms with E-state index in [-0.39, 0.29) is 12.0 Å². The molecule has 3 N–H and O–H groups in total. The van der Waals surface area contributed by atoms with Crippen LogP contribution in [0.5, 0.6) is 5.75 Å². The summed E-state index contributed by atoms with van der Waals surface area (Å²) < 4.78 is 11.2. The van der Waals surface area contributed by atoms with Crippen molar-refractivity contribution in [1.29, 1.82) is 0 Å². The molecule has 130 valence electrons. The zero-order valence-corrected chi connectivity index (χ0v) is 14.0. The van der Waals surface area contributed by atoms with Gasteiger partial charge in [0.1, 0.15) is 5.76 Å². The van der Waals surface area contributed by atoms with Crippen LogP contribution in [0.4, 0.5) is 0 Å². The van der Waals surface area contributed by atoms with Gasteiger partial charge in [-0.25, -0.2) is 4.79 Å². The molecule has 0 atom stereocenters. The molecule has 6 nitrogen and oxygen atoms in total. The molecule has 1 heterocycles. The summed E-state index contributed by atoms with van der Waals surface area (Å²) in [6.45, 7) is 2.02. The Balaban J connectivity index is 0.000000701. The van der Waals surface area contributed by atoms with Gasteiger partial charge in [-0.2, -0.15) is 0 Å². The number of nitrogens with two attached hydrogens (primary N) is 1. The van der Waals surface area contributed by atoms with Crippen LogP contribution >= 0.6 is 0 Å². The second-order valence-electron chi connectivity index (χ2n) is 5.15. The molecule has 1 aromatic heterocycles. The van der Waals surface area contributed by atoms with Crippen LogP contribution in [0.1, 0.15) is 23.0 Å². The van der Waals surface area contributed by atoms with Crippen LogP contribution in [-0.4, -0.2) is 24.6 Å². The third-order valence-corrected chi connectivity index (χ3v) is 3.69. The summed E-state index contributed by atoms with van der Waals surface area (Å²) in [5, 5.41) is 10.1. The second-order valence-corrected chi connectivity index (χ2v) is 5.15. The molecule has 0 spiro atoms. The number of amides is 1. The van der Waals surface area contributed by atoms with Gasteiger partial charge < -0.3 is 20.0 Å². The summed E-state index contributed by atoms with van der Waals surface area (Å²) in [4.78, 5) is 19.7. The Hall–Kier alpha value is -3.28. The molecule has 0 unspecified atom stereocenters. The SMILES string of the molecule is CCc1cc2c(-c3cccc(C(=O)O)c3)ccc(OC)c2o1.NC=O. The van der Waals surface area contributed by atoms with Gasteiger partial charge in [0, 0.05) is 11.8 Å². The van der Waals surface area contributed by atoms with E-state index >= 15 is 0 Å².